The van der Waals surface area contributed by atoms with E-state index in [-0.39, 0.29) is 31.0 Å². The fourth-order valence-electron chi connectivity index (χ4n) is 4.15. The van der Waals surface area contributed by atoms with Crippen LogP contribution in [0.4, 0.5) is 19.0 Å². The molecule has 8 nitrogen and oxygen atoms in total. The summed E-state index contributed by atoms with van der Waals surface area (Å²) in [6, 6.07) is 4.75. The van der Waals surface area contributed by atoms with Crippen LogP contribution in [0.2, 0.25) is 0 Å². The Morgan fingerprint density at radius 3 is 2.43 bits per heavy atom. The highest BCUT2D eigenvalue weighted by molar-refractivity contribution is 7.88. The summed E-state index contributed by atoms with van der Waals surface area (Å²) in [6.07, 6.45) is -0.0118. The molecule has 2 aromatic heterocycles. The van der Waals surface area contributed by atoms with E-state index in [0.29, 0.717) is 28.0 Å². The molecule has 3 heterocycles. The van der Waals surface area contributed by atoms with E-state index in [4.69, 9.17) is 0 Å². The fraction of sp³-hybridized carbons (Fsp3) is 0.409. The number of alkyl halides is 2. The monoisotopic (exact) mass is 527 g/mol. The van der Waals surface area contributed by atoms with E-state index in [9.17, 15) is 26.2 Å². The molecule has 0 saturated carbocycles. The van der Waals surface area contributed by atoms with Crippen molar-refractivity contribution in [2.75, 3.05) is 37.0 Å². The van der Waals surface area contributed by atoms with E-state index in [1.165, 1.54) is 22.6 Å². The molecule has 0 amide bonds. The first-order valence-corrected chi connectivity index (χ1v) is 14.8. The molecule has 13 heteroatoms. The minimum absolute atomic E-state index is 0.0578. The molecule has 1 saturated heterocycles. The number of sulfonamides is 1. The van der Waals surface area contributed by atoms with E-state index < -0.39 is 41.0 Å². The number of benzene rings is 1. The zero-order valence-corrected chi connectivity index (χ0v) is 21.1. The maximum atomic E-state index is 14.7. The van der Waals surface area contributed by atoms with Crippen LogP contribution < -0.4 is 10.8 Å². The van der Waals surface area contributed by atoms with Gasteiger partial charge in [0.25, 0.3) is 6.43 Å². The topological polar surface area (TPSA) is 105 Å². The van der Waals surface area contributed by atoms with Crippen molar-refractivity contribution in [3.05, 3.63) is 53.2 Å². The van der Waals surface area contributed by atoms with Crippen LogP contribution in [0.15, 0.2) is 30.5 Å². The van der Waals surface area contributed by atoms with Crippen molar-refractivity contribution in [1.29, 1.82) is 0 Å². The zero-order valence-electron chi connectivity index (χ0n) is 19.4. The molecule has 0 spiro atoms. The van der Waals surface area contributed by atoms with Crippen LogP contribution in [0.3, 0.4) is 0 Å². The largest absolute Gasteiger partial charge is 0.363 e. The van der Waals surface area contributed by atoms with E-state index in [1.54, 1.807) is 19.9 Å². The Morgan fingerprint density at radius 1 is 1.14 bits per heavy atom. The highest BCUT2D eigenvalue weighted by Crippen LogP contribution is 2.46. The molecule has 1 atom stereocenters. The Hall–Kier alpha value is -2.56. The predicted octanol–water partition coefficient (Wildman–Crippen LogP) is 3.85. The van der Waals surface area contributed by atoms with Crippen LogP contribution in [0, 0.1) is 12.7 Å². The Labute approximate surface area is 201 Å². The average Bonchev–Trinajstić information content (AvgIpc) is 2.78. The number of hydrogen-bond acceptors (Lipinski definition) is 7. The van der Waals surface area contributed by atoms with Gasteiger partial charge in [-0.05, 0) is 19.9 Å². The van der Waals surface area contributed by atoms with Gasteiger partial charge in [0.2, 0.25) is 10.0 Å². The van der Waals surface area contributed by atoms with Crippen molar-refractivity contribution in [2.45, 2.75) is 26.3 Å². The molecule has 1 aromatic carbocycles. The third-order valence-electron chi connectivity index (χ3n) is 6.10. The maximum absolute atomic E-state index is 14.7. The summed E-state index contributed by atoms with van der Waals surface area (Å²) in [5, 5.41) is 3.58. The lowest BCUT2D eigenvalue weighted by Gasteiger charge is -2.30. The molecule has 35 heavy (non-hydrogen) atoms. The second-order valence-electron chi connectivity index (χ2n) is 8.59. The van der Waals surface area contributed by atoms with Crippen LogP contribution in [0.5, 0.6) is 0 Å². The number of nitrogens with one attached hydrogen (secondary N) is 1. The number of anilines is 1. The van der Waals surface area contributed by atoms with Gasteiger partial charge in [0.05, 0.1) is 29.6 Å². The van der Waals surface area contributed by atoms with Crippen molar-refractivity contribution < 1.29 is 26.2 Å². The lowest BCUT2D eigenvalue weighted by atomic mass is 10.0. The van der Waals surface area contributed by atoms with Crippen LogP contribution >= 0.6 is 7.14 Å². The van der Waals surface area contributed by atoms with Crippen molar-refractivity contribution in [3.63, 3.8) is 0 Å². The quantitative estimate of drug-likeness (QED) is 0.486. The Morgan fingerprint density at radius 2 is 1.80 bits per heavy atom. The van der Waals surface area contributed by atoms with Gasteiger partial charge in [-0.25, -0.2) is 35.9 Å². The Balaban J connectivity index is 1.69. The van der Waals surface area contributed by atoms with Crippen LogP contribution in [-0.4, -0.2) is 59.3 Å². The van der Waals surface area contributed by atoms with Crippen molar-refractivity contribution in [3.8, 4) is 0 Å². The Kier molecular flexibility index (Phi) is 6.91. The molecule has 0 bridgehead atoms. The first-order valence-electron chi connectivity index (χ1n) is 10.9. The SMILES string of the molecule is Cc1nc(N[C@H](C)c2cccc(C(F)F)c2F)c2cc(P3(=O)CCN(S(C)(=O)=O)CC3)ncc2n1. The number of rotatable bonds is 6. The predicted molar refractivity (Wildman–Crippen MR) is 129 cm³/mol. The van der Waals surface area contributed by atoms with Crippen LogP contribution in [0.25, 0.3) is 10.9 Å². The minimum atomic E-state index is -3.37. The second-order valence-corrected chi connectivity index (χ2v) is 13.7. The number of aromatic nitrogens is 3. The second kappa shape index (κ2) is 9.48. The van der Waals surface area contributed by atoms with E-state index in [2.05, 4.69) is 20.3 Å². The van der Waals surface area contributed by atoms with Gasteiger partial charge in [-0.1, -0.05) is 18.2 Å². The van der Waals surface area contributed by atoms with Crippen LogP contribution in [-0.2, 0) is 14.6 Å². The van der Waals surface area contributed by atoms with Crippen molar-refractivity contribution in [2.24, 2.45) is 0 Å². The molecule has 1 aliphatic rings. The van der Waals surface area contributed by atoms with Gasteiger partial charge in [-0.15, -0.1) is 0 Å². The number of aryl methyl sites for hydroxylation is 1. The molecule has 1 aliphatic heterocycles. The molecule has 1 N–H and O–H groups in total. The molecule has 0 aliphatic carbocycles. The van der Waals surface area contributed by atoms with Gasteiger partial charge >= 0.3 is 0 Å². The number of halogens is 3. The molecule has 4 rings (SSSR count). The summed E-state index contributed by atoms with van der Waals surface area (Å²) in [6.45, 7) is 3.58. The normalized spacial score (nSPS) is 17.6. The van der Waals surface area contributed by atoms with Gasteiger partial charge in [-0.2, -0.15) is 0 Å². The first-order chi connectivity index (χ1) is 16.4. The van der Waals surface area contributed by atoms with E-state index >= 15 is 0 Å². The number of hydrogen-bond donors (Lipinski definition) is 1. The first kappa shape index (κ1) is 25.5. The molecule has 3 aromatic rings. The van der Waals surface area contributed by atoms with E-state index in [1.807, 2.05) is 0 Å². The molecular formula is C22H25F3N5O3PS. The zero-order chi connectivity index (χ0) is 25.5. The van der Waals surface area contributed by atoms with Gasteiger partial charge in [-0.3, -0.25) is 4.98 Å². The van der Waals surface area contributed by atoms with Crippen LogP contribution in [0.1, 0.15) is 36.3 Å². The van der Waals surface area contributed by atoms with Gasteiger partial charge in [0.15, 0.2) is 0 Å². The Bertz CT molecular complexity index is 1430. The molecular weight excluding hydrogens is 502 g/mol. The number of fused-ring (bicyclic) bond motifs is 1. The van der Waals surface area contributed by atoms with E-state index in [0.717, 1.165) is 12.3 Å². The summed E-state index contributed by atoms with van der Waals surface area (Å²) in [5.41, 5.74) is 0.193. The summed E-state index contributed by atoms with van der Waals surface area (Å²) in [7, 11) is -6.34. The summed E-state index contributed by atoms with van der Waals surface area (Å²) in [4.78, 5) is 13.1. The van der Waals surface area contributed by atoms with Gasteiger partial charge < -0.3 is 9.88 Å². The highest BCUT2D eigenvalue weighted by Gasteiger charge is 2.35. The van der Waals surface area contributed by atoms with Crippen molar-refractivity contribution >= 4 is 39.3 Å². The smallest absolute Gasteiger partial charge is 0.266 e. The van der Waals surface area contributed by atoms with Gasteiger partial charge in [0, 0.05) is 36.4 Å². The lowest BCUT2D eigenvalue weighted by Crippen LogP contribution is -2.40. The van der Waals surface area contributed by atoms with Gasteiger partial charge in [0.1, 0.15) is 30.0 Å². The molecule has 0 radical (unpaired) electrons. The molecule has 0 unspecified atom stereocenters. The average molecular weight is 528 g/mol. The third-order valence-corrected chi connectivity index (χ3v) is 10.3. The molecule has 188 valence electrons. The lowest BCUT2D eigenvalue weighted by molar-refractivity contribution is 0.146. The summed E-state index contributed by atoms with van der Waals surface area (Å²) < 4.78 is 79.6. The fourth-order valence-corrected chi connectivity index (χ4v) is 7.71. The number of nitrogens with zero attached hydrogens (tertiary/aromatic N) is 4. The molecule has 1 fully saturated rings. The number of pyridine rings is 1. The third kappa shape index (κ3) is 5.19. The standard InChI is InChI=1S/C22H25F3N5O3PS/c1-13(15-5-4-6-16(20(15)23)21(24)25)27-22-17-11-19(26-12-18(17)28-14(2)29-22)34(31)9-7-30(8-10-34)35(3,32)33/h4-6,11-13,21H,7-10H2,1-3H3,(H,27,28,29)/t13-/m1/s1. The summed E-state index contributed by atoms with van der Waals surface area (Å²) >= 11 is 0. The maximum Gasteiger partial charge on any atom is 0.266 e. The van der Waals surface area contributed by atoms with Crippen molar-refractivity contribution in [1.82, 2.24) is 19.3 Å². The summed E-state index contributed by atoms with van der Waals surface area (Å²) in [5.74, 6) is -0.245. The minimum Gasteiger partial charge on any atom is -0.363 e. The highest BCUT2D eigenvalue weighted by atomic mass is 32.2.